The lowest BCUT2D eigenvalue weighted by molar-refractivity contribution is -0.119. The fourth-order valence-electron chi connectivity index (χ4n) is 5.03. The summed E-state index contributed by atoms with van der Waals surface area (Å²) in [6.07, 6.45) is 5.50. The first-order valence-electron chi connectivity index (χ1n) is 12.4. The molecule has 4 heterocycles. The van der Waals surface area contributed by atoms with Crippen molar-refractivity contribution in [3.8, 4) is 0 Å². The molecule has 0 spiro atoms. The second-order valence-electron chi connectivity index (χ2n) is 9.30. The van der Waals surface area contributed by atoms with E-state index in [1.807, 2.05) is 60.9 Å². The monoisotopic (exact) mass is 526 g/mol. The Morgan fingerprint density at radius 3 is 2.61 bits per heavy atom. The van der Waals surface area contributed by atoms with Gasteiger partial charge in [-0.3, -0.25) is 14.8 Å². The lowest BCUT2D eigenvalue weighted by Gasteiger charge is -2.28. The van der Waals surface area contributed by atoms with Crippen molar-refractivity contribution in [2.75, 3.05) is 23.9 Å². The van der Waals surface area contributed by atoms with Crippen LogP contribution in [0.15, 0.2) is 79.3 Å². The molecule has 1 fully saturated rings. The summed E-state index contributed by atoms with van der Waals surface area (Å²) in [6, 6.07) is 19.7. The van der Waals surface area contributed by atoms with Crippen molar-refractivity contribution in [1.82, 2.24) is 19.9 Å². The molecular formula is C29H30N6O2S. The van der Waals surface area contributed by atoms with Gasteiger partial charge in [0.25, 0.3) is 0 Å². The van der Waals surface area contributed by atoms with Gasteiger partial charge >= 0.3 is 0 Å². The van der Waals surface area contributed by atoms with Gasteiger partial charge in [-0.1, -0.05) is 12.1 Å². The van der Waals surface area contributed by atoms with Crippen LogP contribution in [0.5, 0.6) is 0 Å². The third-order valence-corrected chi connectivity index (χ3v) is 7.11. The lowest BCUT2D eigenvalue weighted by Crippen LogP contribution is -2.29. The molecule has 5 rings (SSSR count). The van der Waals surface area contributed by atoms with Crippen molar-refractivity contribution >= 4 is 34.6 Å². The van der Waals surface area contributed by atoms with E-state index in [0.29, 0.717) is 10.8 Å². The number of benzene rings is 1. The van der Waals surface area contributed by atoms with E-state index in [-0.39, 0.29) is 24.6 Å². The van der Waals surface area contributed by atoms with Gasteiger partial charge in [0.15, 0.2) is 5.11 Å². The van der Waals surface area contributed by atoms with Gasteiger partial charge in [0.1, 0.15) is 6.61 Å². The molecule has 0 unspecified atom stereocenters. The largest absolute Gasteiger partial charge is 0.375 e. The highest BCUT2D eigenvalue weighted by molar-refractivity contribution is 7.80. The minimum absolute atomic E-state index is 0.00434. The van der Waals surface area contributed by atoms with E-state index < -0.39 is 0 Å². The number of aryl methyl sites for hydroxylation is 1. The lowest BCUT2D eigenvalue weighted by atomic mass is 9.96. The van der Waals surface area contributed by atoms with Crippen LogP contribution in [0.1, 0.15) is 40.3 Å². The fraction of sp³-hybridized carbons (Fsp3) is 0.241. The van der Waals surface area contributed by atoms with Gasteiger partial charge in [-0.25, -0.2) is 0 Å². The van der Waals surface area contributed by atoms with Crippen LogP contribution >= 0.6 is 12.2 Å². The molecule has 8 nitrogen and oxygen atoms in total. The van der Waals surface area contributed by atoms with Crippen molar-refractivity contribution in [2.24, 2.45) is 0 Å². The number of rotatable bonds is 8. The minimum Gasteiger partial charge on any atom is -0.375 e. The number of carbonyl (C=O) groups is 1. The van der Waals surface area contributed by atoms with Gasteiger partial charge in [-0.05, 0) is 85.7 Å². The van der Waals surface area contributed by atoms with E-state index in [2.05, 4.69) is 56.0 Å². The first-order chi connectivity index (χ1) is 18.5. The summed E-state index contributed by atoms with van der Waals surface area (Å²) in [4.78, 5) is 23.0. The van der Waals surface area contributed by atoms with Gasteiger partial charge in [0.05, 0.1) is 17.8 Å². The van der Waals surface area contributed by atoms with Crippen LogP contribution in [-0.4, -0.2) is 39.3 Å². The molecular weight excluding hydrogens is 496 g/mol. The highest BCUT2D eigenvalue weighted by Gasteiger charge is 2.42. The highest BCUT2D eigenvalue weighted by atomic mass is 32.1. The summed E-state index contributed by atoms with van der Waals surface area (Å²) < 4.78 is 7.23. The van der Waals surface area contributed by atoms with Gasteiger partial charge in [0.2, 0.25) is 5.91 Å². The third-order valence-electron chi connectivity index (χ3n) is 6.80. The zero-order valence-electron chi connectivity index (χ0n) is 21.6. The van der Waals surface area contributed by atoms with Crippen LogP contribution in [0.2, 0.25) is 0 Å². The highest BCUT2D eigenvalue weighted by Crippen LogP contribution is 2.43. The number of amides is 1. The Hall–Kier alpha value is -4.08. The van der Waals surface area contributed by atoms with E-state index in [0.717, 1.165) is 34.9 Å². The van der Waals surface area contributed by atoms with Gasteiger partial charge < -0.3 is 24.8 Å². The van der Waals surface area contributed by atoms with Crippen molar-refractivity contribution in [3.63, 3.8) is 0 Å². The normalized spacial score (nSPS) is 16.9. The Balaban J connectivity index is 1.54. The zero-order valence-corrected chi connectivity index (χ0v) is 22.4. The maximum Gasteiger partial charge on any atom is 0.250 e. The molecule has 0 bridgehead atoms. The molecule has 38 heavy (non-hydrogen) atoms. The molecule has 3 aromatic heterocycles. The number of nitrogens with one attached hydrogen (secondary N) is 2. The van der Waals surface area contributed by atoms with E-state index in [9.17, 15) is 4.79 Å². The Morgan fingerprint density at radius 2 is 1.92 bits per heavy atom. The molecule has 1 saturated heterocycles. The number of thiocarbonyl (C=S) groups is 1. The van der Waals surface area contributed by atoms with Crippen molar-refractivity contribution < 1.29 is 9.53 Å². The first-order valence-corrected chi connectivity index (χ1v) is 12.8. The smallest absolute Gasteiger partial charge is 0.250 e. The van der Waals surface area contributed by atoms with Crippen LogP contribution in [-0.2, 0) is 16.1 Å². The van der Waals surface area contributed by atoms with E-state index in [1.54, 1.807) is 6.20 Å². The molecule has 0 aliphatic carbocycles. The molecule has 1 aliphatic heterocycles. The van der Waals surface area contributed by atoms with E-state index in [4.69, 9.17) is 17.0 Å². The van der Waals surface area contributed by atoms with Crippen LogP contribution < -0.4 is 15.5 Å². The van der Waals surface area contributed by atoms with Crippen molar-refractivity contribution in [3.05, 3.63) is 107 Å². The molecule has 1 aliphatic rings. The standard InChI is InChI=1S/C29H30N6O2S/c1-19-15-24(20(2)34(19)17-21-7-6-13-30-16-21)28-27(25-8-4-5-14-31-25)33-29(38)35(28)23-11-9-22(10-12-23)32-26(36)18-37-3/h4-16,27-28H,17-18H2,1-3H3,(H,32,36)(H,33,38)/t27-,28+/m1/s1. The Kier molecular flexibility index (Phi) is 7.48. The average Bonchev–Trinajstić information content (AvgIpc) is 3.41. The second-order valence-corrected chi connectivity index (χ2v) is 9.69. The molecule has 194 valence electrons. The topological polar surface area (TPSA) is 84.3 Å². The van der Waals surface area contributed by atoms with Crippen LogP contribution in [0, 0.1) is 13.8 Å². The SMILES string of the molecule is COCC(=O)Nc1ccc(N2C(=S)N[C@H](c3ccccn3)[C@@H]2c2cc(C)n(Cc3cccnc3)c2C)cc1. The number of carbonyl (C=O) groups excluding carboxylic acids is 1. The number of methoxy groups -OCH3 is 1. The third kappa shape index (κ3) is 5.16. The molecule has 1 amide bonds. The molecule has 0 radical (unpaired) electrons. The van der Waals surface area contributed by atoms with Gasteiger partial charge in [-0.15, -0.1) is 0 Å². The summed E-state index contributed by atoms with van der Waals surface area (Å²) in [5.41, 5.74) is 7.18. The first kappa shape index (κ1) is 25.6. The Labute approximate surface area is 227 Å². The molecule has 2 N–H and O–H groups in total. The molecule has 2 atom stereocenters. The van der Waals surface area contributed by atoms with Crippen molar-refractivity contribution in [1.29, 1.82) is 0 Å². The number of hydrogen-bond acceptors (Lipinski definition) is 5. The summed E-state index contributed by atoms with van der Waals surface area (Å²) in [7, 11) is 1.50. The number of nitrogens with zero attached hydrogens (tertiary/aromatic N) is 4. The minimum atomic E-state index is -0.201. The second kappa shape index (κ2) is 11.1. The molecule has 9 heteroatoms. The van der Waals surface area contributed by atoms with Gasteiger partial charge in [-0.2, -0.15) is 0 Å². The van der Waals surface area contributed by atoms with Crippen LogP contribution in [0.25, 0.3) is 0 Å². The van der Waals surface area contributed by atoms with E-state index in [1.165, 1.54) is 12.7 Å². The average molecular weight is 527 g/mol. The molecule has 0 saturated carbocycles. The Bertz CT molecular complexity index is 1420. The van der Waals surface area contributed by atoms with Crippen LogP contribution in [0.3, 0.4) is 0 Å². The summed E-state index contributed by atoms with van der Waals surface area (Å²) in [5.74, 6) is -0.201. The zero-order chi connectivity index (χ0) is 26.6. The Morgan fingerprint density at radius 1 is 1.11 bits per heavy atom. The maximum absolute atomic E-state index is 12.0. The predicted octanol–water partition coefficient (Wildman–Crippen LogP) is 4.71. The maximum atomic E-state index is 12.0. The summed E-state index contributed by atoms with van der Waals surface area (Å²) in [6.45, 7) is 5.03. The van der Waals surface area contributed by atoms with Crippen LogP contribution in [0.4, 0.5) is 11.4 Å². The number of anilines is 2. The summed E-state index contributed by atoms with van der Waals surface area (Å²) in [5, 5.41) is 6.99. The van der Waals surface area contributed by atoms with Gasteiger partial charge in [0, 0.05) is 55.0 Å². The quantitative estimate of drug-likeness (QED) is 0.322. The number of ether oxygens (including phenoxy) is 1. The predicted molar refractivity (Wildman–Crippen MR) is 152 cm³/mol. The number of pyridine rings is 2. The van der Waals surface area contributed by atoms with E-state index >= 15 is 0 Å². The molecule has 1 aromatic carbocycles. The number of aromatic nitrogens is 3. The molecule has 4 aromatic rings. The van der Waals surface area contributed by atoms with Crippen molar-refractivity contribution in [2.45, 2.75) is 32.5 Å². The summed E-state index contributed by atoms with van der Waals surface area (Å²) >= 11 is 5.89. The number of hydrogen-bond donors (Lipinski definition) is 2. The fourth-order valence-corrected chi connectivity index (χ4v) is 5.37.